The van der Waals surface area contributed by atoms with E-state index in [1.54, 1.807) is 0 Å². The number of nitrogens with one attached hydrogen (secondary N) is 1. The van der Waals surface area contributed by atoms with E-state index < -0.39 is 0 Å². The molecule has 108 valence electrons. The molecule has 3 aliphatic rings. The summed E-state index contributed by atoms with van der Waals surface area (Å²) >= 11 is 0. The van der Waals surface area contributed by atoms with E-state index in [0.29, 0.717) is 6.04 Å². The molecule has 0 saturated heterocycles. The minimum Gasteiger partial charge on any atom is -0.463 e. The summed E-state index contributed by atoms with van der Waals surface area (Å²) in [5.74, 6) is 2.04. The van der Waals surface area contributed by atoms with Gasteiger partial charge in [-0.2, -0.15) is 0 Å². The Balaban J connectivity index is 1.36. The second-order valence-electron chi connectivity index (χ2n) is 6.64. The van der Waals surface area contributed by atoms with Crippen molar-refractivity contribution in [2.75, 3.05) is 13.2 Å². The first kappa shape index (κ1) is 13.3. The molecule has 2 aliphatic carbocycles. The van der Waals surface area contributed by atoms with E-state index >= 15 is 0 Å². The first-order valence-electron chi connectivity index (χ1n) is 8.34. The van der Waals surface area contributed by atoms with Gasteiger partial charge in [-0.15, -0.1) is 0 Å². The molecule has 0 aromatic rings. The largest absolute Gasteiger partial charge is 0.463 e. The van der Waals surface area contributed by atoms with Crippen LogP contribution in [0.15, 0.2) is 4.99 Å². The Morgan fingerprint density at radius 1 is 0.947 bits per heavy atom. The van der Waals surface area contributed by atoms with Crippen LogP contribution in [0.4, 0.5) is 0 Å². The van der Waals surface area contributed by atoms with Gasteiger partial charge in [-0.1, -0.05) is 32.1 Å². The Hall–Kier alpha value is -0.730. The molecular formula is C16H28N2O. The predicted octanol–water partition coefficient (Wildman–Crippen LogP) is 3.49. The van der Waals surface area contributed by atoms with Gasteiger partial charge in [0.15, 0.2) is 0 Å². The normalized spacial score (nSPS) is 32.7. The minimum absolute atomic E-state index is 0.611. The molecule has 0 unspecified atom stereocenters. The van der Waals surface area contributed by atoms with Crippen molar-refractivity contribution in [1.82, 2.24) is 5.32 Å². The Morgan fingerprint density at radius 2 is 1.68 bits per heavy atom. The molecule has 0 aromatic carbocycles. The molecular weight excluding hydrogens is 236 g/mol. The first-order valence-corrected chi connectivity index (χ1v) is 8.34. The lowest BCUT2D eigenvalue weighted by molar-refractivity contribution is 0.224. The SMILES string of the molecule is C1CCC(C[C@H]2CC[C@@H](NC3=NCCO3)CC2)CC1. The van der Waals surface area contributed by atoms with Gasteiger partial charge in [0, 0.05) is 6.04 Å². The van der Waals surface area contributed by atoms with Gasteiger partial charge in [-0.05, 0) is 43.9 Å². The third-order valence-electron chi connectivity index (χ3n) is 5.15. The highest BCUT2D eigenvalue weighted by Gasteiger charge is 2.25. The van der Waals surface area contributed by atoms with Crippen molar-refractivity contribution < 1.29 is 4.74 Å². The molecule has 19 heavy (non-hydrogen) atoms. The lowest BCUT2D eigenvalue weighted by Crippen LogP contribution is -2.38. The van der Waals surface area contributed by atoms with Crippen molar-refractivity contribution >= 4 is 6.02 Å². The molecule has 3 rings (SSSR count). The number of nitrogens with zero attached hydrogens (tertiary/aromatic N) is 1. The average molecular weight is 264 g/mol. The third kappa shape index (κ3) is 3.87. The Kier molecular flexibility index (Phi) is 4.62. The zero-order valence-electron chi connectivity index (χ0n) is 12.1. The predicted molar refractivity (Wildman–Crippen MR) is 78.3 cm³/mol. The molecule has 0 amide bonds. The standard InChI is InChI=1S/C16H28N2O/c1-2-4-13(5-3-1)12-14-6-8-15(9-7-14)18-16-17-10-11-19-16/h13-15H,1-12H2,(H,17,18)/t14-,15+. The maximum absolute atomic E-state index is 5.44. The van der Waals surface area contributed by atoms with Crippen molar-refractivity contribution in [1.29, 1.82) is 0 Å². The molecule has 2 fully saturated rings. The van der Waals surface area contributed by atoms with Crippen LogP contribution in [-0.4, -0.2) is 25.2 Å². The number of ether oxygens (including phenoxy) is 1. The van der Waals surface area contributed by atoms with Crippen molar-refractivity contribution in [2.24, 2.45) is 16.8 Å². The van der Waals surface area contributed by atoms with Crippen LogP contribution in [0.1, 0.15) is 64.2 Å². The van der Waals surface area contributed by atoms with Gasteiger partial charge in [0.1, 0.15) is 6.61 Å². The van der Waals surface area contributed by atoms with Gasteiger partial charge in [-0.25, -0.2) is 4.99 Å². The van der Waals surface area contributed by atoms with E-state index in [2.05, 4.69) is 10.3 Å². The van der Waals surface area contributed by atoms with Crippen LogP contribution in [0.25, 0.3) is 0 Å². The summed E-state index contributed by atoms with van der Waals surface area (Å²) in [7, 11) is 0. The summed E-state index contributed by atoms with van der Waals surface area (Å²) in [6.45, 7) is 1.60. The van der Waals surface area contributed by atoms with Crippen molar-refractivity contribution in [2.45, 2.75) is 70.3 Å². The summed E-state index contributed by atoms with van der Waals surface area (Å²) in [5, 5.41) is 3.47. The molecule has 3 heteroatoms. The second-order valence-corrected chi connectivity index (χ2v) is 6.64. The molecule has 1 aliphatic heterocycles. The smallest absolute Gasteiger partial charge is 0.285 e. The highest BCUT2D eigenvalue weighted by molar-refractivity contribution is 5.75. The molecule has 0 spiro atoms. The van der Waals surface area contributed by atoms with E-state index in [0.717, 1.165) is 31.0 Å². The molecule has 2 saturated carbocycles. The van der Waals surface area contributed by atoms with Crippen LogP contribution >= 0.6 is 0 Å². The Morgan fingerprint density at radius 3 is 2.37 bits per heavy atom. The van der Waals surface area contributed by atoms with Crippen LogP contribution in [-0.2, 0) is 4.74 Å². The highest BCUT2D eigenvalue weighted by atomic mass is 16.5. The molecule has 1 heterocycles. The Bertz CT molecular complexity index is 302. The molecule has 0 aromatic heterocycles. The van der Waals surface area contributed by atoms with Crippen LogP contribution in [0, 0.1) is 11.8 Å². The van der Waals surface area contributed by atoms with Gasteiger partial charge in [0.05, 0.1) is 6.54 Å². The zero-order valence-corrected chi connectivity index (χ0v) is 12.1. The molecule has 0 atom stereocenters. The molecule has 3 nitrogen and oxygen atoms in total. The van der Waals surface area contributed by atoms with Crippen LogP contribution in [0.2, 0.25) is 0 Å². The van der Waals surface area contributed by atoms with Crippen LogP contribution in [0.3, 0.4) is 0 Å². The fourth-order valence-electron chi connectivity index (χ4n) is 4.03. The summed E-state index contributed by atoms with van der Waals surface area (Å²) in [6.07, 6.45) is 14.4. The lowest BCUT2D eigenvalue weighted by Gasteiger charge is -2.32. The van der Waals surface area contributed by atoms with Crippen molar-refractivity contribution in [3.05, 3.63) is 0 Å². The maximum atomic E-state index is 5.44. The number of amidine groups is 1. The molecule has 0 bridgehead atoms. The topological polar surface area (TPSA) is 33.6 Å². The zero-order chi connectivity index (χ0) is 12.9. The summed E-state index contributed by atoms with van der Waals surface area (Å²) in [6, 6.07) is 1.41. The second kappa shape index (κ2) is 6.62. The van der Waals surface area contributed by atoms with E-state index in [1.165, 1.54) is 64.2 Å². The van der Waals surface area contributed by atoms with E-state index in [-0.39, 0.29) is 0 Å². The average Bonchev–Trinajstić information content (AvgIpc) is 2.95. The quantitative estimate of drug-likeness (QED) is 0.846. The summed E-state index contributed by atoms with van der Waals surface area (Å²) in [4.78, 5) is 4.33. The molecule has 1 N–H and O–H groups in total. The monoisotopic (exact) mass is 264 g/mol. The van der Waals surface area contributed by atoms with Crippen LogP contribution < -0.4 is 5.32 Å². The molecule has 0 radical (unpaired) electrons. The first-order chi connectivity index (χ1) is 9.40. The summed E-state index contributed by atoms with van der Waals surface area (Å²) < 4.78 is 5.44. The highest BCUT2D eigenvalue weighted by Crippen LogP contribution is 2.35. The van der Waals surface area contributed by atoms with Gasteiger partial charge in [-0.3, -0.25) is 0 Å². The number of hydrogen-bond acceptors (Lipinski definition) is 3. The van der Waals surface area contributed by atoms with Gasteiger partial charge < -0.3 is 10.1 Å². The fourth-order valence-corrected chi connectivity index (χ4v) is 4.03. The number of aliphatic imine (C=N–C) groups is 1. The van der Waals surface area contributed by atoms with Crippen molar-refractivity contribution in [3.8, 4) is 0 Å². The van der Waals surface area contributed by atoms with Gasteiger partial charge in [0.2, 0.25) is 0 Å². The van der Waals surface area contributed by atoms with E-state index in [1.807, 2.05) is 0 Å². The van der Waals surface area contributed by atoms with Gasteiger partial charge >= 0.3 is 0 Å². The number of rotatable bonds is 3. The lowest BCUT2D eigenvalue weighted by atomic mass is 9.76. The van der Waals surface area contributed by atoms with E-state index in [9.17, 15) is 0 Å². The van der Waals surface area contributed by atoms with Gasteiger partial charge in [0.25, 0.3) is 6.02 Å². The van der Waals surface area contributed by atoms with E-state index in [4.69, 9.17) is 4.74 Å². The maximum Gasteiger partial charge on any atom is 0.285 e. The minimum atomic E-state index is 0.611. The number of hydrogen-bond donors (Lipinski definition) is 1. The summed E-state index contributed by atoms with van der Waals surface area (Å²) in [5.41, 5.74) is 0. The van der Waals surface area contributed by atoms with Crippen molar-refractivity contribution in [3.63, 3.8) is 0 Å². The fraction of sp³-hybridized carbons (Fsp3) is 0.938. The third-order valence-corrected chi connectivity index (χ3v) is 5.15. The Labute approximate surface area is 117 Å². The van der Waals surface area contributed by atoms with Crippen LogP contribution in [0.5, 0.6) is 0 Å².